The fraction of sp³-hybridized carbons (Fsp3) is 0.600. The molecule has 1 aromatic heterocycles. The molecule has 0 bridgehead atoms. The molecule has 1 fully saturated rings. The minimum atomic E-state index is -3.34. The van der Waals surface area contributed by atoms with Crippen molar-refractivity contribution in [3.63, 3.8) is 0 Å². The highest BCUT2D eigenvalue weighted by atomic mass is 32.2. The zero-order chi connectivity index (χ0) is 16.7. The van der Waals surface area contributed by atoms with E-state index in [0.717, 1.165) is 18.4 Å². The molecule has 1 aliphatic rings. The number of hydrogen-bond acceptors (Lipinski definition) is 5. The van der Waals surface area contributed by atoms with Gasteiger partial charge in [0.25, 0.3) is 0 Å². The summed E-state index contributed by atoms with van der Waals surface area (Å²) in [5.74, 6) is -0.0544. The van der Waals surface area contributed by atoms with Crippen LogP contribution in [0.15, 0.2) is 24.5 Å². The van der Waals surface area contributed by atoms with E-state index < -0.39 is 10.0 Å². The summed E-state index contributed by atoms with van der Waals surface area (Å²) in [4.78, 5) is 16.0. The standard InChI is InChI=1S/C15H23N3O4S/c1-23(20,21)18(12-13-2-6-16-7-3-13)9-8-17-15(19)14-4-10-22-11-5-14/h2-3,6-7,14H,4-5,8-12H2,1H3,(H,17,19). The normalized spacial score (nSPS) is 16.4. The van der Waals surface area contributed by atoms with E-state index in [9.17, 15) is 13.2 Å². The van der Waals surface area contributed by atoms with Gasteiger partial charge in [0.15, 0.2) is 0 Å². The van der Waals surface area contributed by atoms with Crippen molar-refractivity contribution in [1.29, 1.82) is 0 Å². The summed E-state index contributed by atoms with van der Waals surface area (Å²) in [7, 11) is -3.34. The van der Waals surface area contributed by atoms with Gasteiger partial charge in [0.1, 0.15) is 0 Å². The van der Waals surface area contributed by atoms with Gasteiger partial charge in [-0.2, -0.15) is 4.31 Å². The van der Waals surface area contributed by atoms with Crippen LogP contribution in [-0.2, 0) is 26.1 Å². The van der Waals surface area contributed by atoms with Gasteiger partial charge in [0.05, 0.1) is 6.26 Å². The number of carbonyl (C=O) groups excluding carboxylic acids is 1. The first-order valence-electron chi connectivity index (χ1n) is 7.66. The Morgan fingerprint density at radius 1 is 1.35 bits per heavy atom. The maximum absolute atomic E-state index is 12.0. The van der Waals surface area contributed by atoms with E-state index in [4.69, 9.17) is 4.74 Å². The van der Waals surface area contributed by atoms with Crippen molar-refractivity contribution in [3.05, 3.63) is 30.1 Å². The van der Waals surface area contributed by atoms with Crippen LogP contribution < -0.4 is 5.32 Å². The molecular weight excluding hydrogens is 318 g/mol. The van der Waals surface area contributed by atoms with Crippen molar-refractivity contribution in [2.24, 2.45) is 5.92 Å². The molecule has 1 N–H and O–H groups in total. The minimum absolute atomic E-state index is 0.0225. The van der Waals surface area contributed by atoms with E-state index in [2.05, 4.69) is 10.3 Å². The van der Waals surface area contributed by atoms with E-state index in [1.54, 1.807) is 24.5 Å². The van der Waals surface area contributed by atoms with Gasteiger partial charge in [-0.3, -0.25) is 9.78 Å². The molecule has 2 rings (SSSR count). The highest BCUT2D eigenvalue weighted by molar-refractivity contribution is 7.88. The van der Waals surface area contributed by atoms with Gasteiger partial charge in [-0.25, -0.2) is 8.42 Å². The summed E-state index contributed by atoms with van der Waals surface area (Å²) < 4.78 is 30.4. The molecule has 1 saturated heterocycles. The Bertz CT molecular complexity index is 600. The average Bonchev–Trinajstić information content (AvgIpc) is 2.54. The molecule has 0 saturated carbocycles. The van der Waals surface area contributed by atoms with Crippen LogP contribution in [0, 0.1) is 5.92 Å². The number of aromatic nitrogens is 1. The number of sulfonamides is 1. The lowest BCUT2D eigenvalue weighted by atomic mass is 9.99. The second-order valence-corrected chi connectivity index (χ2v) is 7.61. The van der Waals surface area contributed by atoms with Gasteiger partial charge >= 0.3 is 0 Å². The van der Waals surface area contributed by atoms with E-state index in [-0.39, 0.29) is 24.9 Å². The lowest BCUT2D eigenvalue weighted by Gasteiger charge is -2.23. The van der Waals surface area contributed by atoms with E-state index in [1.165, 1.54) is 10.6 Å². The lowest BCUT2D eigenvalue weighted by molar-refractivity contribution is -0.127. The number of nitrogens with zero attached hydrogens (tertiary/aromatic N) is 2. The van der Waals surface area contributed by atoms with Crippen molar-refractivity contribution >= 4 is 15.9 Å². The molecule has 0 unspecified atom stereocenters. The molecule has 0 atom stereocenters. The summed E-state index contributed by atoms with van der Waals surface area (Å²) in [5, 5.41) is 2.83. The number of nitrogens with one attached hydrogen (secondary N) is 1. The summed E-state index contributed by atoms with van der Waals surface area (Å²) in [6, 6.07) is 3.55. The predicted octanol–water partition coefficient (Wildman–Crippen LogP) is 0.386. The largest absolute Gasteiger partial charge is 0.381 e. The predicted molar refractivity (Wildman–Crippen MR) is 86.0 cm³/mol. The Morgan fingerprint density at radius 3 is 2.61 bits per heavy atom. The molecule has 1 aromatic rings. The van der Waals surface area contributed by atoms with E-state index in [0.29, 0.717) is 19.8 Å². The zero-order valence-corrected chi connectivity index (χ0v) is 14.1. The van der Waals surface area contributed by atoms with Gasteiger partial charge in [0.2, 0.25) is 15.9 Å². The zero-order valence-electron chi connectivity index (χ0n) is 13.3. The highest BCUT2D eigenvalue weighted by Crippen LogP contribution is 2.14. The monoisotopic (exact) mass is 341 g/mol. The minimum Gasteiger partial charge on any atom is -0.381 e. The van der Waals surface area contributed by atoms with E-state index in [1.807, 2.05) is 0 Å². The van der Waals surface area contributed by atoms with Crippen LogP contribution in [0.1, 0.15) is 18.4 Å². The van der Waals surface area contributed by atoms with Crippen LogP contribution >= 0.6 is 0 Å². The van der Waals surface area contributed by atoms with E-state index >= 15 is 0 Å². The van der Waals surface area contributed by atoms with Crippen molar-refractivity contribution in [2.45, 2.75) is 19.4 Å². The van der Waals surface area contributed by atoms with Crippen molar-refractivity contribution < 1.29 is 17.9 Å². The Morgan fingerprint density at radius 2 is 2.00 bits per heavy atom. The quantitative estimate of drug-likeness (QED) is 0.775. The Kier molecular flexibility index (Phi) is 6.49. The number of ether oxygens (including phenoxy) is 1. The summed E-state index contributed by atoms with van der Waals surface area (Å²) >= 11 is 0. The number of carbonyl (C=O) groups is 1. The SMILES string of the molecule is CS(=O)(=O)N(CCNC(=O)C1CCOCC1)Cc1ccncc1. The van der Waals surface area contributed by atoms with Crippen LogP contribution in [0.25, 0.3) is 0 Å². The molecule has 128 valence electrons. The highest BCUT2D eigenvalue weighted by Gasteiger charge is 2.22. The molecule has 7 nitrogen and oxygen atoms in total. The molecule has 0 aromatic carbocycles. The third-order valence-electron chi connectivity index (χ3n) is 3.83. The van der Waals surface area contributed by atoms with Gasteiger partial charge in [0, 0.05) is 51.2 Å². The number of hydrogen-bond donors (Lipinski definition) is 1. The van der Waals surface area contributed by atoms with Crippen LogP contribution in [0.3, 0.4) is 0 Å². The number of pyridine rings is 1. The van der Waals surface area contributed by atoms with Gasteiger partial charge in [-0.15, -0.1) is 0 Å². The van der Waals surface area contributed by atoms with Crippen LogP contribution in [0.2, 0.25) is 0 Å². The molecule has 8 heteroatoms. The molecule has 2 heterocycles. The Labute approximate surface area is 137 Å². The lowest BCUT2D eigenvalue weighted by Crippen LogP contribution is -2.40. The third kappa shape index (κ3) is 5.89. The average molecular weight is 341 g/mol. The maximum atomic E-state index is 12.0. The van der Waals surface area contributed by atoms with Gasteiger partial charge in [-0.1, -0.05) is 0 Å². The summed E-state index contributed by atoms with van der Waals surface area (Å²) in [6.45, 7) is 2.03. The first-order chi connectivity index (χ1) is 11.0. The summed E-state index contributed by atoms with van der Waals surface area (Å²) in [5.41, 5.74) is 0.862. The molecule has 0 radical (unpaired) electrons. The smallest absolute Gasteiger partial charge is 0.223 e. The van der Waals surface area contributed by atoms with Gasteiger partial charge in [-0.05, 0) is 30.5 Å². The fourth-order valence-electron chi connectivity index (χ4n) is 2.46. The van der Waals surface area contributed by atoms with Crippen molar-refractivity contribution in [1.82, 2.24) is 14.6 Å². The van der Waals surface area contributed by atoms with Crippen LogP contribution in [0.5, 0.6) is 0 Å². The number of amides is 1. The third-order valence-corrected chi connectivity index (χ3v) is 5.08. The van der Waals surface area contributed by atoms with Crippen molar-refractivity contribution in [3.8, 4) is 0 Å². The molecule has 1 aliphatic heterocycles. The Hall–Kier alpha value is -1.51. The molecule has 1 amide bonds. The first-order valence-corrected chi connectivity index (χ1v) is 9.51. The first kappa shape index (κ1) is 17.8. The second kappa shape index (κ2) is 8.37. The van der Waals surface area contributed by atoms with Gasteiger partial charge < -0.3 is 10.1 Å². The summed E-state index contributed by atoms with van der Waals surface area (Å²) in [6.07, 6.45) is 5.87. The maximum Gasteiger partial charge on any atom is 0.223 e. The fourth-order valence-corrected chi connectivity index (χ4v) is 3.27. The van der Waals surface area contributed by atoms with Crippen LogP contribution in [0.4, 0.5) is 0 Å². The van der Waals surface area contributed by atoms with Crippen molar-refractivity contribution in [2.75, 3.05) is 32.6 Å². The molecule has 0 aliphatic carbocycles. The molecule has 0 spiro atoms. The molecular formula is C15H23N3O4S. The number of rotatable bonds is 7. The van der Waals surface area contributed by atoms with Crippen LogP contribution in [-0.4, -0.2) is 56.2 Å². The Balaban J connectivity index is 1.85. The topological polar surface area (TPSA) is 88.6 Å². The molecule has 23 heavy (non-hydrogen) atoms. The second-order valence-electron chi connectivity index (χ2n) is 5.63.